The van der Waals surface area contributed by atoms with Gasteiger partial charge in [0.2, 0.25) is 0 Å². The molecule has 0 radical (unpaired) electrons. The molecule has 1 unspecified atom stereocenters. The van der Waals surface area contributed by atoms with Crippen LogP contribution in [-0.4, -0.2) is 33.4 Å². The van der Waals surface area contributed by atoms with Gasteiger partial charge in [-0.3, -0.25) is 0 Å². The monoisotopic (exact) mass is 293 g/mol. The molecule has 0 aliphatic rings. The lowest BCUT2D eigenvalue weighted by atomic mass is 10.1. The van der Waals surface area contributed by atoms with Crippen molar-refractivity contribution in [3.8, 4) is 0 Å². The fourth-order valence-electron chi connectivity index (χ4n) is 2.12. The highest BCUT2D eigenvalue weighted by Crippen LogP contribution is 2.20. The van der Waals surface area contributed by atoms with Gasteiger partial charge < -0.3 is 10.5 Å². The van der Waals surface area contributed by atoms with E-state index in [1.165, 1.54) is 0 Å². The lowest BCUT2D eigenvalue weighted by Crippen LogP contribution is -2.31. The molecule has 2 N–H and O–H groups in total. The van der Waals surface area contributed by atoms with Crippen LogP contribution in [0.25, 0.3) is 10.8 Å². The number of nitrogens with two attached hydrogens (primary N) is 1. The molecule has 20 heavy (non-hydrogen) atoms. The number of ether oxygens (including phenoxy) is 1. The van der Waals surface area contributed by atoms with Gasteiger partial charge in [-0.1, -0.05) is 30.3 Å². The summed E-state index contributed by atoms with van der Waals surface area (Å²) < 4.78 is 30.1. The minimum Gasteiger partial charge on any atom is -0.376 e. The number of hydrogen-bond donors (Lipinski definition) is 1. The van der Waals surface area contributed by atoms with Crippen LogP contribution in [0.1, 0.15) is 6.92 Å². The van der Waals surface area contributed by atoms with E-state index in [1.807, 2.05) is 37.3 Å². The van der Waals surface area contributed by atoms with Crippen LogP contribution in [0.15, 0.2) is 47.4 Å². The van der Waals surface area contributed by atoms with Crippen LogP contribution in [0, 0.1) is 0 Å². The average molecular weight is 293 g/mol. The molecule has 0 heterocycles. The lowest BCUT2D eigenvalue weighted by Gasteiger charge is -2.15. The first kappa shape index (κ1) is 15.0. The highest BCUT2D eigenvalue weighted by atomic mass is 32.2. The third kappa shape index (κ3) is 3.36. The first-order chi connectivity index (χ1) is 9.56. The Morgan fingerprint density at radius 3 is 2.50 bits per heavy atom. The summed E-state index contributed by atoms with van der Waals surface area (Å²) in [6, 6.07) is 12.8. The average Bonchev–Trinajstić information content (AvgIpc) is 2.46. The molecule has 0 saturated carbocycles. The van der Waals surface area contributed by atoms with Gasteiger partial charge in [-0.2, -0.15) is 0 Å². The highest BCUT2D eigenvalue weighted by molar-refractivity contribution is 7.91. The van der Waals surface area contributed by atoms with Gasteiger partial charge in [0, 0.05) is 13.2 Å². The fraction of sp³-hybridized carbons (Fsp3) is 0.333. The van der Waals surface area contributed by atoms with Crippen molar-refractivity contribution in [2.45, 2.75) is 17.9 Å². The summed E-state index contributed by atoms with van der Waals surface area (Å²) in [5, 5.41) is 1.93. The predicted octanol–water partition coefficient (Wildman–Crippen LogP) is 1.98. The summed E-state index contributed by atoms with van der Waals surface area (Å²) in [4.78, 5) is 0.314. The van der Waals surface area contributed by atoms with Crippen LogP contribution in [0.2, 0.25) is 0 Å². The van der Waals surface area contributed by atoms with E-state index in [1.54, 1.807) is 12.1 Å². The number of sulfone groups is 1. The van der Waals surface area contributed by atoms with Gasteiger partial charge in [-0.15, -0.1) is 0 Å². The molecule has 5 heteroatoms. The molecule has 0 aromatic heterocycles. The van der Waals surface area contributed by atoms with Crippen LogP contribution in [0.4, 0.5) is 0 Å². The second-order valence-electron chi connectivity index (χ2n) is 4.60. The third-order valence-corrected chi connectivity index (χ3v) is 4.93. The molecule has 2 aromatic carbocycles. The first-order valence-electron chi connectivity index (χ1n) is 6.60. The van der Waals surface area contributed by atoms with Crippen LogP contribution in [0.3, 0.4) is 0 Å². The van der Waals surface area contributed by atoms with Gasteiger partial charge >= 0.3 is 0 Å². The molecule has 0 saturated heterocycles. The Morgan fingerprint density at radius 2 is 1.85 bits per heavy atom. The Kier molecular flexibility index (Phi) is 4.75. The molecule has 0 amide bonds. The van der Waals surface area contributed by atoms with Crippen molar-refractivity contribution in [3.63, 3.8) is 0 Å². The summed E-state index contributed by atoms with van der Waals surface area (Å²) in [6.45, 7) is 2.47. The molecule has 2 rings (SSSR count). The zero-order chi connectivity index (χ0) is 14.6. The number of fused-ring (bicyclic) bond motifs is 1. The van der Waals surface area contributed by atoms with E-state index in [0.29, 0.717) is 11.5 Å². The van der Waals surface area contributed by atoms with Gasteiger partial charge in [-0.05, 0) is 29.8 Å². The Morgan fingerprint density at radius 1 is 1.15 bits per heavy atom. The van der Waals surface area contributed by atoms with E-state index in [4.69, 9.17) is 10.5 Å². The standard InChI is InChI=1S/C15H19NO3S/c1-2-19-14(10-16)11-20(17,18)15-8-7-12-5-3-4-6-13(12)9-15/h3-9,14H,2,10-11,16H2,1H3. The fourth-order valence-corrected chi connectivity index (χ4v) is 3.62. The Labute approximate surface area is 119 Å². The third-order valence-electron chi connectivity index (χ3n) is 3.15. The molecule has 4 nitrogen and oxygen atoms in total. The Balaban J connectivity index is 2.31. The molecular weight excluding hydrogens is 274 g/mol. The van der Waals surface area contributed by atoms with Crippen molar-refractivity contribution in [3.05, 3.63) is 42.5 Å². The molecule has 108 valence electrons. The summed E-state index contributed by atoms with van der Waals surface area (Å²) >= 11 is 0. The maximum Gasteiger partial charge on any atom is 0.180 e. The van der Waals surface area contributed by atoms with Crippen LogP contribution in [0.5, 0.6) is 0 Å². The molecule has 0 bridgehead atoms. The van der Waals surface area contributed by atoms with Crippen molar-refractivity contribution in [1.29, 1.82) is 0 Å². The number of hydrogen-bond acceptors (Lipinski definition) is 4. The highest BCUT2D eigenvalue weighted by Gasteiger charge is 2.21. The number of rotatable bonds is 6. The van der Waals surface area contributed by atoms with Crippen LogP contribution < -0.4 is 5.73 Å². The summed E-state index contributed by atoms with van der Waals surface area (Å²) in [5.41, 5.74) is 5.55. The van der Waals surface area contributed by atoms with E-state index in [9.17, 15) is 8.42 Å². The molecule has 0 aliphatic carbocycles. The van der Waals surface area contributed by atoms with Gasteiger partial charge in [-0.25, -0.2) is 8.42 Å². The number of benzene rings is 2. The lowest BCUT2D eigenvalue weighted by molar-refractivity contribution is 0.0846. The van der Waals surface area contributed by atoms with E-state index in [2.05, 4.69) is 0 Å². The van der Waals surface area contributed by atoms with E-state index in [0.717, 1.165) is 10.8 Å². The van der Waals surface area contributed by atoms with Crippen LogP contribution >= 0.6 is 0 Å². The van der Waals surface area contributed by atoms with Gasteiger partial charge in [0.15, 0.2) is 9.84 Å². The van der Waals surface area contributed by atoms with Gasteiger partial charge in [0.25, 0.3) is 0 Å². The zero-order valence-electron chi connectivity index (χ0n) is 11.5. The van der Waals surface area contributed by atoms with Crippen LogP contribution in [-0.2, 0) is 14.6 Å². The quantitative estimate of drug-likeness (QED) is 0.884. The largest absolute Gasteiger partial charge is 0.376 e. The van der Waals surface area contributed by atoms with Gasteiger partial charge in [0.1, 0.15) is 0 Å². The smallest absolute Gasteiger partial charge is 0.180 e. The summed E-state index contributed by atoms with van der Waals surface area (Å²) in [6.07, 6.45) is -0.462. The maximum absolute atomic E-state index is 12.4. The Bertz CT molecular complexity index is 682. The minimum absolute atomic E-state index is 0.0876. The van der Waals surface area contributed by atoms with Gasteiger partial charge in [0.05, 0.1) is 16.8 Å². The summed E-state index contributed by atoms with van der Waals surface area (Å²) in [7, 11) is -3.39. The second kappa shape index (κ2) is 6.35. The second-order valence-corrected chi connectivity index (χ2v) is 6.64. The zero-order valence-corrected chi connectivity index (χ0v) is 12.3. The van der Waals surface area contributed by atoms with Crippen molar-refractivity contribution in [2.75, 3.05) is 18.9 Å². The minimum atomic E-state index is -3.39. The maximum atomic E-state index is 12.4. The Hall–Kier alpha value is -1.43. The van der Waals surface area contributed by atoms with E-state index in [-0.39, 0.29) is 12.3 Å². The molecular formula is C15H19NO3S. The SMILES string of the molecule is CCOC(CN)CS(=O)(=O)c1ccc2ccccc2c1. The molecule has 0 aliphatic heterocycles. The first-order valence-corrected chi connectivity index (χ1v) is 8.25. The molecule has 1 atom stereocenters. The van der Waals surface area contributed by atoms with Crippen molar-refractivity contribution in [1.82, 2.24) is 0 Å². The molecule has 2 aromatic rings. The van der Waals surface area contributed by atoms with Crippen molar-refractivity contribution >= 4 is 20.6 Å². The van der Waals surface area contributed by atoms with Crippen molar-refractivity contribution < 1.29 is 13.2 Å². The van der Waals surface area contributed by atoms with Crippen molar-refractivity contribution in [2.24, 2.45) is 5.73 Å². The van der Waals surface area contributed by atoms with E-state index >= 15 is 0 Å². The molecule has 0 spiro atoms. The normalized spacial score (nSPS) is 13.5. The predicted molar refractivity (Wildman–Crippen MR) is 80.5 cm³/mol. The van der Waals surface area contributed by atoms with E-state index < -0.39 is 15.9 Å². The topological polar surface area (TPSA) is 69.4 Å². The molecule has 0 fully saturated rings. The summed E-state index contributed by atoms with van der Waals surface area (Å²) in [5.74, 6) is -0.0876.